The zero-order valence-corrected chi connectivity index (χ0v) is 16.2. The maximum absolute atomic E-state index is 12.2. The van der Waals surface area contributed by atoms with Crippen molar-refractivity contribution in [2.75, 3.05) is 5.32 Å². The van der Waals surface area contributed by atoms with Gasteiger partial charge in [0, 0.05) is 16.1 Å². The standard InChI is InChI=1S/C20H19ClN2O2S/c1-13-3-6-17(7-4-13)25-11-20-22-16(12-26-20)10-19(24)23-18-8-5-15(21)9-14(18)2/h3-9,12H,10-11H2,1-2H3,(H,23,24). The summed E-state index contributed by atoms with van der Waals surface area (Å²) in [4.78, 5) is 16.7. The predicted molar refractivity (Wildman–Crippen MR) is 106 cm³/mol. The maximum atomic E-state index is 12.2. The Labute approximate surface area is 161 Å². The molecule has 0 saturated heterocycles. The van der Waals surface area contributed by atoms with Gasteiger partial charge in [0.2, 0.25) is 5.91 Å². The highest BCUT2D eigenvalue weighted by Gasteiger charge is 2.10. The molecule has 0 radical (unpaired) electrons. The first-order valence-corrected chi connectivity index (χ1v) is 9.44. The third kappa shape index (κ3) is 5.07. The minimum Gasteiger partial charge on any atom is -0.486 e. The summed E-state index contributed by atoms with van der Waals surface area (Å²) in [6.45, 7) is 4.34. The van der Waals surface area contributed by atoms with Gasteiger partial charge in [0.1, 0.15) is 17.4 Å². The first kappa shape index (κ1) is 18.4. The third-order valence-corrected chi connectivity index (χ3v) is 4.89. The Balaban J connectivity index is 1.54. The van der Waals surface area contributed by atoms with E-state index in [1.54, 1.807) is 12.1 Å². The van der Waals surface area contributed by atoms with Crippen LogP contribution in [0.5, 0.6) is 5.75 Å². The molecule has 1 heterocycles. The van der Waals surface area contributed by atoms with E-state index in [2.05, 4.69) is 10.3 Å². The van der Waals surface area contributed by atoms with Crippen molar-refractivity contribution >= 4 is 34.5 Å². The number of benzene rings is 2. The number of aromatic nitrogens is 1. The summed E-state index contributed by atoms with van der Waals surface area (Å²) in [5.41, 5.74) is 3.62. The first-order valence-electron chi connectivity index (χ1n) is 8.18. The molecule has 0 aliphatic heterocycles. The van der Waals surface area contributed by atoms with Gasteiger partial charge in [0.15, 0.2) is 0 Å². The molecule has 0 bridgehead atoms. The van der Waals surface area contributed by atoms with Crippen LogP contribution < -0.4 is 10.1 Å². The minimum atomic E-state index is -0.105. The quantitative estimate of drug-likeness (QED) is 0.635. The van der Waals surface area contributed by atoms with E-state index in [4.69, 9.17) is 16.3 Å². The lowest BCUT2D eigenvalue weighted by Gasteiger charge is -2.08. The fraction of sp³-hybridized carbons (Fsp3) is 0.200. The van der Waals surface area contributed by atoms with Crippen molar-refractivity contribution < 1.29 is 9.53 Å². The lowest BCUT2D eigenvalue weighted by molar-refractivity contribution is -0.115. The van der Waals surface area contributed by atoms with Crippen molar-refractivity contribution in [2.45, 2.75) is 26.9 Å². The molecular formula is C20H19ClN2O2S. The lowest BCUT2D eigenvalue weighted by Crippen LogP contribution is -2.15. The number of nitrogens with zero attached hydrogens (tertiary/aromatic N) is 1. The molecule has 1 N–H and O–H groups in total. The number of nitrogens with one attached hydrogen (secondary N) is 1. The Morgan fingerprint density at radius 1 is 1.19 bits per heavy atom. The lowest BCUT2D eigenvalue weighted by atomic mass is 10.2. The second kappa shape index (κ2) is 8.34. The van der Waals surface area contributed by atoms with Crippen molar-refractivity contribution in [3.63, 3.8) is 0 Å². The molecule has 1 amide bonds. The van der Waals surface area contributed by atoms with E-state index >= 15 is 0 Å². The number of hydrogen-bond acceptors (Lipinski definition) is 4. The summed E-state index contributed by atoms with van der Waals surface area (Å²) < 4.78 is 5.72. The number of halogens is 1. The average Bonchev–Trinajstić information content (AvgIpc) is 3.04. The van der Waals surface area contributed by atoms with Gasteiger partial charge in [-0.15, -0.1) is 11.3 Å². The summed E-state index contributed by atoms with van der Waals surface area (Å²) in [6, 6.07) is 13.3. The summed E-state index contributed by atoms with van der Waals surface area (Å²) >= 11 is 7.43. The summed E-state index contributed by atoms with van der Waals surface area (Å²) in [7, 11) is 0. The van der Waals surface area contributed by atoms with Crippen LogP contribution in [0.25, 0.3) is 0 Å². The smallest absolute Gasteiger partial charge is 0.230 e. The van der Waals surface area contributed by atoms with Crippen LogP contribution in [-0.4, -0.2) is 10.9 Å². The Kier molecular flexibility index (Phi) is 5.91. The Hall–Kier alpha value is -2.37. The number of rotatable bonds is 6. The highest BCUT2D eigenvalue weighted by molar-refractivity contribution is 7.09. The topological polar surface area (TPSA) is 51.2 Å². The van der Waals surface area contributed by atoms with E-state index in [-0.39, 0.29) is 12.3 Å². The molecule has 0 spiro atoms. The van der Waals surface area contributed by atoms with Crippen molar-refractivity contribution in [3.8, 4) is 5.75 Å². The maximum Gasteiger partial charge on any atom is 0.230 e. The van der Waals surface area contributed by atoms with Gasteiger partial charge in [0.25, 0.3) is 0 Å². The van der Waals surface area contributed by atoms with Crippen molar-refractivity contribution in [2.24, 2.45) is 0 Å². The number of carbonyl (C=O) groups is 1. The van der Waals surface area contributed by atoms with Gasteiger partial charge >= 0.3 is 0 Å². The van der Waals surface area contributed by atoms with Crippen LogP contribution in [0.2, 0.25) is 5.02 Å². The van der Waals surface area contributed by atoms with Crippen LogP contribution in [0.4, 0.5) is 5.69 Å². The summed E-state index contributed by atoms with van der Waals surface area (Å²) in [5.74, 6) is 0.704. The second-order valence-electron chi connectivity index (χ2n) is 6.02. The van der Waals surface area contributed by atoms with E-state index in [1.165, 1.54) is 16.9 Å². The van der Waals surface area contributed by atoms with E-state index in [9.17, 15) is 4.79 Å². The molecule has 2 aromatic carbocycles. The molecule has 26 heavy (non-hydrogen) atoms. The molecule has 4 nitrogen and oxygen atoms in total. The Morgan fingerprint density at radius 2 is 1.96 bits per heavy atom. The van der Waals surface area contributed by atoms with E-state index in [0.29, 0.717) is 11.6 Å². The largest absolute Gasteiger partial charge is 0.486 e. The van der Waals surface area contributed by atoms with Crippen molar-refractivity contribution in [1.82, 2.24) is 4.98 Å². The molecule has 0 fully saturated rings. The van der Waals surface area contributed by atoms with Gasteiger partial charge in [-0.2, -0.15) is 0 Å². The van der Waals surface area contributed by atoms with Crippen LogP contribution in [0.15, 0.2) is 47.8 Å². The van der Waals surface area contributed by atoms with Crippen LogP contribution in [0.1, 0.15) is 21.8 Å². The molecule has 0 aliphatic carbocycles. The highest BCUT2D eigenvalue weighted by Crippen LogP contribution is 2.20. The fourth-order valence-electron chi connectivity index (χ4n) is 2.40. The Morgan fingerprint density at radius 3 is 2.69 bits per heavy atom. The van der Waals surface area contributed by atoms with Crippen molar-refractivity contribution in [1.29, 1.82) is 0 Å². The Bertz CT molecular complexity index is 906. The molecule has 0 atom stereocenters. The SMILES string of the molecule is Cc1ccc(OCc2nc(CC(=O)Nc3ccc(Cl)cc3C)cs2)cc1. The molecule has 0 unspecified atom stereocenters. The van der Waals surface area contributed by atoms with Crippen molar-refractivity contribution in [3.05, 3.63) is 74.7 Å². The number of carbonyl (C=O) groups excluding carboxylic acids is 1. The zero-order chi connectivity index (χ0) is 18.5. The molecule has 1 aromatic heterocycles. The van der Waals surface area contributed by atoms with Crippen LogP contribution in [0, 0.1) is 13.8 Å². The number of thiazole rings is 1. The molecule has 134 valence electrons. The van der Waals surface area contributed by atoms with Gasteiger partial charge in [-0.1, -0.05) is 29.3 Å². The van der Waals surface area contributed by atoms with Crippen LogP contribution >= 0.6 is 22.9 Å². The summed E-state index contributed by atoms with van der Waals surface area (Å²) in [6.07, 6.45) is 0.225. The van der Waals surface area contributed by atoms with E-state index in [0.717, 1.165) is 27.7 Å². The number of aryl methyl sites for hydroxylation is 2. The van der Waals surface area contributed by atoms with Gasteiger partial charge in [-0.3, -0.25) is 4.79 Å². The number of ether oxygens (including phenoxy) is 1. The van der Waals surface area contributed by atoms with E-state index < -0.39 is 0 Å². The predicted octanol–water partition coefficient (Wildman–Crippen LogP) is 5.17. The molecular weight excluding hydrogens is 368 g/mol. The monoisotopic (exact) mass is 386 g/mol. The second-order valence-corrected chi connectivity index (χ2v) is 7.40. The normalized spacial score (nSPS) is 10.6. The molecule has 6 heteroatoms. The first-order chi connectivity index (χ1) is 12.5. The fourth-order valence-corrected chi connectivity index (χ4v) is 3.33. The summed E-state index contributed by atoms with van der Waals surface area (Å²) in [5, 5.41) is 6.28. The molecule has 3 aromatic rings. The number of amides is 1. The average molecular weight is 387 g/mol. The minimum absolute atomic E-state index is 0.105. The molecule has 0 aliphatic rings. The zero-order valence-electron chi connectivity index (χ0n) is 14.6. The van der Waals surface area contributed by atoms with Gasteiger partial charge in [0.05, 0.1) is 12.1 Å². The number of hydrogen-bond donors (Lipinski definition) is 1. The van der Waals surface area contributed by atoms with Gasteiger partial charge in [-0.25, -0.2) is 4.98 Å². The van der Waals surface area contributed by atoms with Gasteiger partial charge < -0.3 is 10.1 Å². The number of anilines is 1. The van der Waals surface area contributed by atoms with E-state index in [1.807, 2.05) is 49.6 Å². The van der Waals surface area contributed by atoms with Crippen LogP contribution in [-0.2, 0) is 17.8 Å². The van der Waals surface area contributed by atoms with Crippen LogP contribution in [0.3, 0.4) is 0 Å². The third-order valence-electron chi connectivity index (χ3n) is 3.79. The highest BCUT2D eigenvalue weighted by atomic mass is 35.5. The van der Waals surface area contributed by atoms with Gasteiger partial charge in [-0.05, 0) is 49.7 Å². The molecule has 3 rings (SSSR count). The molecule has 0 saturated carbocycles.